The summed E-state index contributed by atoms with van der Waals surface area (Å²) in [7, 11) is 1.75. The smallest absolute Gasteiger partial charge is 0.122 e. The Balaban J connectivity index is 2.20. The topological polar surface area (TPSA) is 26.3 Å². The number of carbonyl (C=O) groups is 1. The molecule has 0 radical (unpaired) electrons. The molecule has 1 fully saturated rings. The molecule has 2 heteroatoms. The van der Waals surface area contributed by atoms with Gasteiger partial charge in [0.15, 0.2) is 0 Å². The lowest BCUT2D eigenvalue weighted by Gasteiger charge is -2.42. The van der Waals surface area contributed by atoms with Crippen LogP contribution in [0.3, 0.4) is 0 Å². The van der Waals surface area contributed by atoms with Gasteiger partial charge in [-0.15, -0.1) is 0 Å². The van der Waals surface area contributed by atoms with Gasteiger partial charge in [0.2, 0.25) is 0 Å². The summed E-state index contributed by atoms with van der Waals surface area (Å²) in [5.74, 6) is 0.976. The molecule has 3 rings (SSSR count). The Hall–Kier alpha value is -1.31. The highest BCUT2D eigenvalue weighted by molar-refractivity contribution is 5.60. The van der Waals surface area contributed by atoms with Crippen LogP contribution >= 0.6 is 0 Å². The maximum Gasteiger partial charge on any atom is 0.122 e. The molecule has 2 aliphatic carbocycles. The number of ether oxygens (including phenoxy) is 1. The first-order valence-corrected chi connectivity index (χ1v) is 8.43. The number of carbonyl (C=O) groups excluding carboxylic acids is 1. The lowest BCUT2D eigenvalue weighted by Crippen LogP contribution is -2.34. The van der Waals surface area contributed by atoms with E-state index in [4.69, 9.17) is 4.74 Å². The van der Waals surface area contributed by atoms with Gasteiger partial charge in [0, 0.05) is 17.4 Å². The second kappa shape index (κ2) is 4.84. The molecule has 1 saturated carbocycles. The Morgan fingerprint density at radius 1 is 0.955 bits per heavy atom. The highest BCUT2D eigenvalue weighted by Gasteiger charge is 2.47. The Morgan fingerprint density at radius 2 is 1.50 bits per heavy atom. The number of hydrogen-bond donors (Lipinski definition) is 0. The molecule has 0 aromatic heterocycles. The van der Waals surface area contributed by atoms with Crippen molar-refractivity contribution in [2.45, 2.75) is 76.0 Å². The predicted octanol–water partition coefficient (Wildman–Crippen LogP) is 4.66. The van der Waals surface area contributed by atoms with Crippen molar-refractivity contribution < 1.29 is 9.53 Å². The minimum Gasteiger partial charge on any atom is -0.496 e. The fourth-order valence-electron chi connectivity index (χ4n) is 4.07. The number of aldehydes is 1. The van der Waals surface area contributed by atoms with Crippen LogP contribution in [0.4, 0.5) is 0 Å². The molecule has 0 bridgehead atoms. The van der Waals surface area contributed by atoms with Gasteiger partial charge in [-0.3, -0.25) is 0 Å². The molecule has 0 N–H and O–H groups in total. The summed E-state index contributed by atoms with van der Waals surface area (Å²) in [6, 6.07) is 4.63. The Kier molecular flexibility index (Phi) is 3.43. The standard InChI is InChI=1S/C20H28O2/c1-18(2)6-7-19(3,4)15-13-17(22-5)16(12-14(15)18)20(8-9-20)10-11-21/h11-13H,6-10H2,1-5H3. The first-order chi connectivity index (χ1) is 10.3. The van der Waals surface area contributed by atoms with Gasteiger partial charge in [0.25, 0.3) is 0 Å². The van der Waals surface area contributed by atoms with Gasteiger partial charge < -0.3 is 9.53 Å². The zero-order chi connectivity index (χ0) is 16.2. The maximum atomic E-state index is 11.1. The summed E-state index contributed by atoms with van der Waals surface area (Å²) in [6.07, 6.45) is 6.30. The molecule has 0 amide bonds. The minimum absolute atomic E-state index is 0.0415. The Morgan fingerprint density at radius 3 is 1.95 bits per heavy atom. The van der Waals surface area contributed by atoms with E-state index in [1.54, 1.807) is 7.11 Å². The number of rotatable bonds is 4. The zero-order valence-corrected chi connectivity index (χ0v) is 14.6. The first kappa shape index (κ1) is 15.6. The van der Waals surface area contributed by atoms with E-state index in [9.17, 15) is 4.79 Å². The van der Waals surface area contributed by atoms with Crippen LogP contribution in [-0.4, -0.2) is 13.4 Å². The average Bonchev–Trinajstić information content (AvgIpc) is 3.24. The van der Waals surface area contributed by atoms with Gasteiger partial charge in [-0.2, -0.15) is 0 Å². The van der Waals surface area contributed by atoms with Crippen molar-refractivity contribution >= 4 is 6.29 Å². The van der Waals surface area contributed by atoms with Crippen molar-refractivity contribution in [2.24, 2.45) is 0 Å². The van der Waals surface area contributed by atoms with E-state index in [0.29, 0.717) is 6.42 Å². The molecular formula is C20H28O2. The fourth-order valence-corrected chi connectivity index (χ4v) is 4.07. The third-order valence-corrected chi connectivity index (χ3v) is 6.07. The van der Waals surface area contributed by atoms with Crippen molar-refractivity contribution in [1.29, 1.82) is 0 Å². The molecule has 0 saturated heterocycles. The molecule has 2 nitrogen and oxygen atoms in total. The van der Waals surface area contributed by atoms with E-state index in [-0.39, 0.29) is 16.2 Å². The molecule has 0 heterocycles. The summed E-state index contributed by atoms with van der Waals surface area (Å²) >= 11 is 0. The molecule has 0 spiro atoms. The summed E-state index contributed by atoms with van der Waals surface area (Å²) in [5, 5.41) is 0. The molecule has 1 aromatic carbocycles. The average molecular weight is 300 g/mol. The van der Waals surface area contributed by atoms with Crippen LogP contribution in [0.15, 0.2) is 12.1 Å². The fraction of sp³-hybridized carbons (Fsp3) is 0.650. The van der Waals surface area contributed by atoms with Crippen molar-refractivity contribution in [3.05, 3.63) is 28.8 Å². The third-order valence-electron chi connectivity index (χ3n) is 6.07. The van der Waals surface area contributed by atoms with Crippen molar-refractivity contribution in [3.8, 4) is 5.75 Å². The van der Waals surface area contributed by atoms with Gasteiger partial charge in [-0.25, -0.2) is 0 Å². The first-order valence-electron chi connectivity index (χ1n) is 8.43. The molecule has 0 aliphatic heterocycles. The summed E-state index contributed by atoms with van der Waals surface area (Å²) < 4.78 is 5.73. The maximum absolute atomic E-state index is 11.1. The highest BCUT2D eigenvalue weighted by atomic mass is 16.5. The van der Waals surface area contributed by atoms with Crippen LogP contribution in [0.25, 0.3) is 0 Å². The SMILES string of the molecule is COc1cc2c(cc1C1(CC=O)CC1)C(C)(C)CCC2(C)C. The molecule has 2 aliphatic rings. The van der Waals surface area contributed by atoms with Crippen LogP contribution < -0.4 is 4.74 Å². The normalized spacial score (nSPS) is 23.5. The number of methoxy groups -OCH3 is 1. The van der Waals surface area contributed by atoms with Crippen LogP contribution in [-0.2, 0) is 21.0 Å². The van der Waals surface area contributed by atoms with Crippen LogP contribution in [0.1, 0.15) is 76.5 Å². The number of fused-ring (bicyclic) bond motifs is 1. The predicted molar refractivity (Wildman–Crippen MR) is 89.9 cm³/mol. The van der Waals surface area contributed by atoms with Crippen LogP contribution in [0.2, 0.25) is 0 Å². The van der Waals surface area contributed by atoms with Gasteiger partial charge in [-0.05, 0) is 53.7 Å². The largest absolute Gasteiger partial charge is 0.496 e. The van der Waals surface area contributed by atoms with E-state index < -0.39 is 0 Å². The molecule has 1 aromatic rings. The monoisotopic (exact) mass is 300 g/mol. The lowest BCUT2D eigenvalue weighted by molar-refractivity contribution is -0.108. The summed E-state index contributed by atoms with van der Waals surface area (Å²) in [4.78, 5) is 11.1. The number of benzene rings is 1. The lowest BCUT2D eigenvalue weighted by atomic mass is 9.62. The van der Waals surface area contributed by atoms with Crippen LogP contribution in [0, 0.1) is 0 Å². The van der Waals surface area contributed by atoms with Crippen molar-refractivity contribution in [1.82, 2.24) is 0 Å². The molecule has 0 unspecified atom stereocenters. The van der Waals surface area contributed by atoms with Gasteiger partial charge >= 0.3 is 0 Å². The van der Waals surface area contributed by atoms with Crippen LogP contribution in [0.5, 0.6) is 5.75 Å². The van der Waals surface area contributed by atoms with Gasteiger partial charge in [0.05, 0.1) is 7.11 Å². The van der Waals surface area contributed by atoms with Gasteiger partial charge in [-0.1, -0.05) is 33.8 Å². The molecule has 120 valence electrons. The third kappa shape index (κ3) is 2.28. The van der Waals surface area contributed by atoms with E-state index in [0.717, 1.165) is 24.9 Å². The molecular weight excluding hydrogens is 272 g/mol. The zero-order valence-electron chi connectivity index (χ0n) is 14.6. The second-order valence-corrected chi connectivity index (χ2v) is 8.52. The Bertz CT molecular complexity index is 606. The second-order valence-electron chi connectivity index (χ2n) is 8.52. The molecule has 0 atom stereocenters. The van der Waals surface area contributed by atoms with E-state index >= 15 is 0 Å². The summed E-state index contributed by atoms with van der Waals surface area (Å²) in [5.41, 5.74) is 4.57. The van der Waals surface area contributed by atoms with Gasteiger partial charge in [0.1, 0.15) is 12.0 Å². The van der Waals surface area contributed by atoms with Crippen molar-refractivity contribution in [2.75, 3.05) is 7.11 Å². The highest BCUT2D eigenvalue weighted by Crippen LogP contribution is 2.56. The number of hydrogen-bond acceptors (Lipinski definition) is 2. The molecule has 22 heavy (non-hydrogen) atoms. The Labute approximate surface area is 134 Å². The quantitative estimate of drug-likeness (QED) is 0.756. The summed E-state index contributed by atoms with van der Waals surface area (Å²) in [6.45, 7) is 9.35. The van der Waals surface area contributed by atoms with E-state index in [1.807, 2.05) is 0 Å². The van der Waals surface area contributed by atoms with E-state index in [2.05, 4.69) is 39.8 Å². The minimum atomic E-state index is 0.0415. The van der Waals surface area contributed by atoms with E-state index in [1.165, 1.54) is 29.5 Å². The van der Waals surface area contributed by atoms with Crippen molar-refractivity contribution in [3.63, 3.8) is 0 Å².